The second-order valence-corrected chi connectivity index (χ2v) is 4.50. The standard InChI is InChI=1S/C11H12Cl2O/c1-2-5-11(7-14-11)9-4-3-8(12)6-10(9)13/h3-4,6H,2,5,7H2,1H3/t11-/m1/s1. The molecule has 14 heavy (non-hydrogen) atoms. The Morgan fingerprint density at radius 3 is 2.64 bits per heavy atom. The van der Waals surface area contributed by atoms with E-state index in [9.17, 15) is 0 Å². The van der Waals surface area contributed by atoms with E-state index in [0.717, 1.165) is 25.0 Å². The monoisotopic (exact) mass is 230 g/mol. The molecule has 1 aliphatic rings. The van der Waals surface area contributed by atoms with Crippen molar-refractivity contribution in [3.05, 3.63) is 33.8 Å². The predicted molar refractivity (Wildman–Crippen MR) is 59.0 cm³/mol. The molecule has 1 aromatic carbocycles. The molecule has 1 atom stereocenters. The molecular weight excluding hydrogens is 219 g/mol. The molecule has 0 N–H and O–H groups in total. The van der Waals surface area contributed by atoms with Crippen molar-refractivity contribution in [2.75, 3.05) is 6.61 Å². The normalized spacial score (nSPS) is 25.1. The zero-order chi connectivity index (χ0) is 10.2. The van der Waals surface area contributed by atoms with E-state index in [1.165, 1.54) is 0 Å². The highest BCUT2D eigenvalue weighted by atomic mass is 35.5. The van der Waals surface area contributed by atoms with Crippen LogP contribution in [0.5, 0.6) is 0 Å². The summed E-state index contributed by atoms with van der Waals surface area (Å²) in [5, 5.41) is 1.38. The fourth-order valence-corrected chi connectivity index (χ4v) is 2.37. The first-order chi connectivity index (χ1) is 6.68. The largest absolute Gasteiger partial charge is 0.364 e. The predicted octanol–water partition coefficient (Wildman–Crippen LogP) is 4.02. The van der Waals surface area contributed by atoms with E-state index < -0.39 is 0 Å². The van der Waals surface area contributed by atoms with Crippen LogP contribution in [0.25, 0.3) is 0 Å². The molecule has 3 heteroatoms. The van der Waals surface area contributed by atoms with Crippen molar-refractivity contribution in [3.63, 3.8) is 0 Å². The Morgan fingerprint density at radius 2 is 2.14 bits per heavy atom. The first-order valence-corrected chi connectivity index (χ1v) is 5.53. The number of ether oxygens (including phenoxy) is 1. The Labute approximate surface area is 94.0 Å². The van der Waals surface area contributed by atoms with Crippen LogP contribution in [0.1, 0.15) is 25.3 Å². The van der Waals surface area contributed by atoms with Crippen LogP contribution in [0.2, 0.25) is 10.0 Å². The van der Waals surface area contributed by atoms with E-state index in [2.05, 4.69) is 6.92 Å². The Morgan fingerprint density at radius 1 is 1.43 bits per heavy atom. The SMILES string of the molecule is CCC[C@]1(c2ccc(Cl)cc2Cl)CO1. The van der Waals surface area contributed by atoms with Crippen molar-refractivity contribution >= 4 is 23.2 Å². The van der Waals surface area contributed by atoms with Crippen LogP contribution in [-0.2, 0) is 10.3 Å². The number of halogens is 2. The molecule has 0 spiro atoms. The fraction of sp³-hybridized carbons (Fsp3) is 0.455. The summed E-state index contributed by atoms with van der Waals surface area (Å²) in [5.41, 5.74) is 0.960. The maximum absolute atomic E-state index is 6.13. The molecule has 1 aromatic rings. The first kappa shape index (κ1) is 10.3. The first-order valence-electron chi connectivity index (χ1n) is 4.77. The second-order valence-electron chi connectivity index (χ2n) is 3.66. The van der Waals surface area contributed by atoms with Crippen molar-refractivity contribution in [2.45, 2.75) is 25.4 Å². The Kier molecular flexibility index (Phi) is 2.74. The third-order valence-electron chi connectivity index (χ3n) is 2.57. The minimum absolute atomic E-state index is 0.115. The molecule has 76 valence electrons. The summed E-state index contributed by atoms with van der Waals surface area (Å²) in [6.45, 7) is 2.93. The van der Waals surface area contributed by atoms with E-state index >= 15 is 0 Å². The number of hydrogen-bond acceptors (Lipinski definition) is 1. The summed E-state index contributed by atoms with van der Waals surface area (Å²) >= 11 is 12.0. The third-order valence-corrected chi connectivity index (χ3v) is 3.12. The van der Waals surface area contributed by atoms with Gasteiger partial charge in [0.15, 0.2) is 0 Å². The Balaban J connectivity index is 2.32. The zero-order valence-corrected chi connectivity index (χ0v) is 9.53. The lowest BCUT2D eigenvalue weighted by molar-refractivity contribution is 0.291. The summed E-state index contributed by atoms with van der Waals surface area (Å²) in [7, 11) is 0. The Hall–Kier alpha value is -0.240. The molecule has 0 saturated carbocycles. The zero-order valence-electron chi connectivity index (χ0n) is 8.02. The molecule has 1 nitrogen and oxygen atoms in total. The van der Waals surface area contributed by atoms with Gasteiger partial charge in [0.1, 0.15) is 5.60 Å². The molecule has 0 aliphatic carbocycles. The van der Waals surface area contributed by atoms with Gasteiger partial charge in [0.05, 0.1) is 6.61 Å². The minimum atomic E-state index is -0.115. The van der Waals surface area contributed by atoms with Crippen molar-refractivity contribution in [3.8, 4) is 0 Å². The average molecular weight is 231 g/mol. The molecule has 2 rings (SSSR count). The van der Waals surface area contributed by atoms with Gasteiger partial charge in [-0.1, -0.05) is 42.6 Å². The van der Waals surface area contributed by atoms with E-state index in [-0.39, 0.29) is 5.60 Å². The maximum atomic E-state index is 6.13. The van der Waals surface area contributed by atoms with Gasteiger partial charge >= 0.3 is 0 Å². The topological polar surface area (TPSA) is 12.5 Å². The van der Waals surface area contributed by atoms with Crippen LogP contribution < -0.4 is 0 Å². The van der Waals surface area contributed by atoms with Crippen LogP contribution in [0.4, 0.5) is 0 Å². The summed E-state index contributed by atoms with van der Waals surface area (Å²) in [6, 6.07) is 5.60. The van der Waals surface area contributed by atoms with Gasteiger partial charge in [-0.3, -0.25) is 0 Å². The lowest BCUT2D eigenvalue weighted by atomic mass is 9.95. The summed E-state index contributed by atoms with van der Waals surface area (Å²) in [6.07, 6.45) is 2.12. The summed E-state index contributed by atoms with van der Waals surface area (Å²) in [4.78, 5) is 0. The van der Waals surface area contributed by atoms with Crippen LogP contribution in [-0.4, -0.2) is 6.61 Å². The van der Waals surface area contributed by atoms with Crippen LogP contribution >= 0.6 is 23.2 Å². The minimum Gasteiger partial charge on any atom is -0.364 e. The lowest BCUT2D eigenvalue weighted by Crippen LogP contribution is -2.08. The highest BCUT2D eigenvalue weighted by molar-refractivity contribution is 6.35. The van der Waals surface area contributed by atoms with Crippen molar-refractivity contribution < 1.29 is 4.74 Å². The highest BCUT2D eigenvalue weighted by Crippen LogP contribution is 2.46. The number of benzene rings is 1. The van der Waals surface area contributed by atoms with Gasteiger partial charge in [0.2, 0.25) is 0 Å². The molecule has 0 radical (unpaired) electrons. The lowest BCUT2D eigenvalue weighted by Gasteiger charge is -2.12. The molecule has 1 aliphatic heterocycles. The summed E-state index contributed by atoms with van der Waals surface area (Å²) in [5.74, 6) is 0. The second kappa shape index (κ2) is 3.73. The van der Waals surface area contributed by atoms with Gasteiger partial charge in [-0.05, 0) is 18.6 Å². The molecule has 0 unspecified atom stereocenters. The fourth-order valence-electron chi connectivity index (χ4n) is 1.78. The van der Waals surface area contributed by atoms with Crippen LogP contribution in [0.15, 0.2) is 18.2 Å². The van der Waals surface area contributed by atoms with Crippen LogP contribution in [0, 0.1) is 0 Å². The van der Waals surface area contributed by atoms with Gasteiger partial charge in [-0.15, -0.1) is 0 Å². The van der Waals surface area contributed by atoms with E-state index in [0.29, 0.717) is 10.0 Å². The number of epoxide rings is 1. The van der Waals surface area contributed by atoms with Gasteiger partial charge < -0.3 is 4.74 Å². The van der Waals surface area contributed by atoms with Crippen molar-refractivity contribution in [1.29, 1.82) is 0 Å². The van der Waals surface area contributed by atoms with Gasteiger partial charge in [0.25, 0.3) is 0 Å². The third kappa shape index (κ3) is 1.77. The molecule has 0 amide bonds. The molecule has 1 fully saturated rings. The number of hydrogen-bond donors (Lipinski definition) is 0. The van der Waals surface area contributed by atoms with Gasteiger partial charge in [-0.2, -0.15) is 0 Å². The maximum Gasteiger partial charge on any atom is 0.118 e. The molecule has 1 saturated heterocycles. The summed E-state index contributed by atoms with van der Waals surface area (Å²) < 4.78 is 5.52. The smallest absolute Gasteiger partial charge is 0.118 e. The molecular formula is C11H12Cl2O. The molecule has 0 bridgehead atoms. The van der Waals surface area contributed by atoms with Crippen LogP contribution in [0.3, 0.4) is 0 Å². The van der Waals surface area contributed by atoms with Gasteiger partial charge in [0, 0.05) is 15.6 Å². The van der Waals surface area contributed by atoms with E-state index in [4.69, 9.17) is 27.9 Å². The quantitative estimate of drug-likeness (QED) is 0.715. The molecule has 1 heterocycles. The van der Waals surface area contributed by atoms with Gasteiger partial charge in [-0.25, -0.2) is 0 Å². The van der Waals surface area contributed by atoms with E-state index in [1.54, 1.807) is 6.07 Å². The number of rotatable bonds is 3. The Bertz CT molecular complexity index is 345. The highest BCUT2D eigenvalue weighted by Gasteiger charge is 2.46. The molecule has 0 aromatic heterocycles. The van der Waals surface area contributed by atoms with E-state index in [1.807, 2.05) is 12.1 Å². The van der Waals surface area contributed by atoms with Crippen molar-refractivity contribution in [1.82, 2.24) is 0 Å². The van der Waals surface area contributed by atoms with Crippen molar-refractivity contribution in [2.24, 2.45) is 0 Å². The average Bonchev–Trinajstić information content (AvgIpc) is 2.86.